The predicted molar refractivity (Wildman–Crippen MR) is 84.9 cm³/mol. The molecular weight excluding hydrogens is 313 g/mol. The molecule has 0 radical (unpaired) electrons. The maximum Gasteiger partial charge on any atom is 0.282 e. The Bertz CT molecular complexity index is 681. The molecule has 1 aromatic carbocycles. The highest BCUT2D eigenvalue weighted by atomic mass is 35.5. The number of carbonyl (C=O) groups excluding carboxylic acids is 1. The minimum atomic E-state index is -0.360. The lowest BCUT2D eigenvalue weighted by molar-refractivity contribution is 0.0947. The molecule has 2 aromatic rings. The maximum atomic E-state index is 12.6. The summed E-state index contributed by atoms with van der Waals surface area (Å²) in [5.74, 6) is 0.507. The third kappa shape index (κ3) is 3.11. The Morgan fingerprint density at radius 2 is 1.81 bits per heavy atom. The lowest BCUT2D eigenvalue weighted by Crippen LogP contribution is -2.22. The first-order valence-electron chi connectivity index (χ1n) is 6.12. The number of nitrogens with zero attached hydrogens (tertiary/aromatic N) is 5. The Balaban J connectivity index is 2.52. The van der Waals surface area contributed by atoms with Crippen LogP contribution in [0.1, 0.15) is 10.4 Å². The van der Waals surface area contributed by atoms with Crippen molar-refractivity contribution >= 4 is 41.0 Å². The van der Waals surface area contributed by atoms with Gasteiger partial charge in [0.1, 0.15) is 0 Å². The Kier molecular flexibility index (Phi) is 4.39. The summed E-state index contributed by atoms with van der Waals surface area (Å²) in [6.45, 7) is 0. The number of aromatic nitrogens is 3. The summed E-state index contributed by atoms with van der Waals surface area (Å²) in [5, 5.41) is 4.97. The molecule has 0 atom stereocenters. The molecule has 0 unspecified atom stereocenters. The van der Waals surface area contributed by atoms with Crippen molar-refractivity contribution in [3.05, 3.63) is 33.8 Å². The Morgan fingerprint density at radius 3 is 2.33 bits per heavy atom. The van der Waals surface area contributed by atoms with Gasteiger partial charge in [0.25, 0.3) is 5.91 Å². The zero-order valence-corrected chi connectivity index (χ0v) is 13.6. The van der Waals surface area contributed by atoms with E-state index in [1.54, 1.807) is 50.1 Å². The highest BCUT2D eigenvalue weighted by Gasteiger charge is 2.21. The predicted octanol–water partition coefficient (Wildman–Crippen LogP) is 2.41. The Hall–Kier alpha value is -1.79. The minimum absolute atomic E-state index is 0.277. The van der Waals surface area contributed by atoms with Crippen LogP contribution in [-0.4, -0.2) is 48.9 Å². The van der Waals surface area contributed by atoms with Crippen molar-refractivity contribution in [3.63, 3.8) is 0 Å². The molecule has 112 valence electrons. The average molecular weight is 328 g/mol. The van der Waals surface area contributed by atoms with Crippen molar-refractivity contribution in [3.8, 4) is 0 Å². The van der Waals surface area contributed by atoms with E-state index in [2.05, 4.69) is 10.1 Å². The van der Waals surface area contributed by atoms with Gasteiger partial charge in [-0.1, -0.05) is 23.2 Å². The van der Waals surface area contributed by atoms with E-state index in [1.807, 2.05) is 0 Å². The molecule has 0 N–H and O–H groups in total. The van der Waals surface area contributed by atoms with Crippen LogP contribution in [0.2, 0.25) is 10.0 Å². The number of hydrogen-bond acceptors (Lipinski definition) is 5. The first kappa shape index (κ1) is 15.6. The van der Waals surface area contributed by atoms with Crippen LogP contribution in [0.5, 0.6) is 0 Å². The second kappa shape index (κ2) is 5.91. The maximum absolute atomic E-state index is 12.6. The molecule has 6 nitrogen and oxygen atoms in total. The summed E-state index contributed by atoms with van der Waals surface area (Å²) in [7, 11) is 7.19. The van der Waals surface area contributed by atoms with Crippen LogP contribution in [0, 0.1) is 0 Å². The molecule has 0 aliphatic carbocycles. The zero-order valence-electron chi connectivity index (χ0n) is 12.1. The highest BCUT2D eigenvalue weighted by Crippen LogP contribution is 2.23. The van der Waals surface area contributed by atoms with E-state index in [4.69, 9.17) is 23.2 Å². The number of hydrogen-bond donors (Lipinski definition) is 0. The van der Waals surface area contributed by atoms with Gasteiger partial charge >= 0.3 is 0 Å². The Labute approximate surface area is 132 Å². The monoisotopic (exact) mass is 327 g/mol. The molecule has 1 aromatic heterocycles. The van der Waals surface area contributed by atoms with E-state index in [-0.39, 0.29) is 10.9 Å². The zero-order chi connectivity index (χ0) is 15.7. The van der Waals surface area contributed by atoms with Crippen molar-refractivity contribution < 1.29 is 4.79 Å². The molecular formula is C13H15Cl2N5O. The largest absolute Gasteiger partial charge is 0.347 e. The summed E-state index contributed by atoms with van der Waals surface area (Å²) in [5.41, 5.74) is 0.319. The molecule has 0 aliphatic heterocycles. The molecule has 0 saturated heterocycles. The summed E-state index contributed by atoms with van der Waals surface area (Å²) in [6, 6.07) is 4.71. The molecule has 0 fully saturated rings. The van der Waals surface area contributed by atoms with E-state index in [1.165, 1.54) is 10.7 Å². The second-order valence-corrected chi connectivity index (χ2v) is 5.69. The van der Waals surface area contributed by atoms with Crippen LogP contribution < -0.4 is 9.80 Å². The van der Waals surface area contributed by atoms with Gasteiger partial charge in [0.15, 0.2) is 0 Å². The number of anilines is 2. The van der Waals surface area contributed by atoms with Crippen LogP contribution in [0.3, 0.4) is 0 Å². The fourth-order valence-corrected chi connectivity index (χ4v) is 2.17. The van der Waals surface area contributed by atoms with E-state index in [9.17, 15) is 4.79 Å². The topological polar surface area (TPSA) is 54.3 Å². The van der Waals surface area contributed by atoms with Gasteiger partial charge in [0.2, 0.25) is 11.9 Å². The SMILES string of the molecule is CN(C)c1nc(N(C)C)n(C(=O)c2ccc(Cl)cc2Cl)n1. The van der Waals surface area contributed by atoms with E-state index in [0.717, 1.165) is 0 Å². The molecule has 8 heteroatoms. The van der Waals surface area contributed by atoms with E-state index < -0.39 is 0 Å². The summed E-state index contributed by atoms with van der Waals surface area (Å²) in [4.78, 5) is 20.4. The van der Waals surface area contributed by atoms with Crippen LogP contribution >= 0.6 is 23.2 Å². The van der Waals surface area contributed by atoms with Gasteiger partial charge in [0, 0.05) is 33.2 Å². The normalized spacial score (nSPS) is 10.6. The molecule has 0 spiro atoms. The molecule has 0 saturated carbocycles. The first-order valence-corrected chi connectivity index (χ1v) is 6.88. The van der Waals surface area contributed by atoms with Crippen LogP contribution in [0.15, 0.2) is 18.2 Å². The highest BCUT2D eigenvalue weighted by molar-refractivity contribution is 6.36. The fourth-order valence-electron chi connectivity index (χ4n) is 1.69. The number of halogens is 2. The molecule has 0 amide bonds. The minimum Gasteiger partial charge on any atom is -0.347 e. The van der Waals surface area contributed by atoms with Crippen molar-refractivity contribution in [2.24, 2.45) is 0 Å². The molecule has 1 heterocycles. The smallest absolute Gasteiger partial charge is 0.282 e. The van der Waals surface area contributed by atoms with Crippen LogP contribution in [0.4, 0.5) is 11.9 Å². The van der Waals surface area contributed by atoms with Crippen molar-refractivity contribution in [1.82, 2.24) is 14.8 Å². The first-order chi connectivity index (χ1) is 9.81. The lowest BCUT2D eigenvalue weighted by atomic mass is 10.2. The van der Waals surface area contributed by atoms with Crippen LogP contribution in [-0.2, 0) is 0 Å². The molecule has 0 aliphatic rings. The van der Waals surface area contributed by atoms with Gasteiger partial charge in [-0.15, -0.1) is 5.10 Å². The van der Waals surface area contributed by atoms with Crippen molar-refractivity contribution in [1.29, 1.82) is 0 Å². The van der Waals surface area contributed by atoms with E-state index in [0.29, 0.717) is 22.5 Å². The van der Waals surface area contributed by atoms with E-state index >= 15 is 0 Å². The third-order valence-corrected chi connectivity index (χ3v) is 3.28. The van der Waals surface area contributed by atoms with Gasteiger partial charge in [-0.25, -0.2) is 0 Å². The van der Waals surface area contributed by atoms with Gasteiger partial charge in [0.05, 0.1) is 10.6 Å². The quantitative estimate of drug-likeness (QED) is 0.866. The number of rotatable bonds is 3. The summed E-state index contributed by atoms with van der Waals surface area (Å²) < 4.78 is 1.23. The summed E-state index contributed by atoms with van der Waals surface area (Å²) >= 11 is 11.9. The second-order valence-electron chi connectivity index (χ2n) is 4.84. The lowest BCUT2D eigenvalue weighted by Gasteiger charge is -2.11. The van der Waals surface area contributed by atoms with Gasteiger partial charge < -0.3 is 9.80 Å². The standard InChI is InChI=1S/C13H15Cl2N5O/c1-18(2)12-16-13(19(3)4)20(17-12)11(21)9-6-5-8(14)7-10(9)15/h5-7H,1-4H3. The van der Waals surface area contributed by atoms with Crippen molar-refractivity contribution in [2.45, 2.75) is 0 Å². The number of carbonyl (C=O) groups is 1. The molecule has 2 rings (SSSR count). The van der Waals surface area contributed by atoms with Gasteiger partial charge in [-0.3, -0.25) is 4.79 Å². The molecule has 0 bridgehead atoms. The van der Waals surface area contributed by atoms with Crippen molar-refractivity contribution in [2.75, 3.05) is 38.0 Å². The fraction of sp³-hybridized carbons (Fsp3) is 0.308. The number of benzene rings is 1. The van der Waals surface area contributed by atoms with Crippen LogP contribution in [0.25, 0.3) is 0 Å². The van der Waals surface area contributed by atoms with Gasteiger partial charge in [-0.05, 0) is 18.2 Å². The summed E-state index contributed by atoms with van der Waals surface area (Å²) in [6.07, 6.45) is 0. The average Bonchev–Trinajstić information content (AvgIpc) is 2.83. The molecule has 21 heavy (non-hydrogen) atoms. The van der Waals surface area contributed by atoms with Gasteiger partial charge in [-0.2, -0.15) is 9.67 Å². The Morgan fingerprint density at radius 1 is 1.14 bits per heavy atom. The third-order valence-electron chi connectivity index (χ3n) is 2.73.